The summed E-state index contributed by atoms with van der Waals surface area (Å²) in [6.07, 6.45) is 0. The van der Waals surface area contributed by atoms with E-state index in [2.05, 4.69) is 10.6 Å². The zero-order valence-electron chi connectivity index (χ0n) is 15.8. The Morgan fingerprint density at radius 2 is 1.69 bits per heavy atom. The van der Waals surface area contributed by atoms with Gasteiger partial charge in [-0.3, -0.25) is 9.59 Å². The molecule has 1 atom stereocenters. The minimum absolute atomic E-state index is 0.0927. The van der Waals surface area contributed by atoms with Gasteiger partial charge in [-0.15, -0.1) is 0 Å². The van der Waals surface area contributed by atoms with Crippen LogP contribution < -0.4 is 10.6 Å². The molecule has 0 aromatic heterocycles. The predicted octanol–water partition coefficient (Wildman–Crippen LogP) is 3.51. The van der Waals surface area contributed by atoms with Crippen molar-refractivity contribution in [2.45, 2.75) is 11.8 Å². The number of benzene rings is 3. The molecule has 0 radical (unpaired) electrons. The Bertz CT molecular complexity index is 1030. The number of amides is 2. The molecule has 0 heterocycles. The normalized spacial score (nSPS) is 11.4. The molecule has 0 fully saturated rings. The van der Waals surface area contributed by atoms with Gasteiger partial charge in [-0.05, 0) is 28.5 Å². The molecule has 3 aromatic carbocycles. The summed E-state index contributed by atoms with van der Waals surface area (Å²) in [7, 11) is 0. The summed E-state index contributed by atoms with van der Waals surface area (Å²) < 4.78 is 0. The molecule has 3 rings (SSSR count). The van der Waals surface area contributed by atoms with Gasteiger partial charge in [0.25, 0.3) is 5.91 Å². The first-order valence-electron chi connectivity index (χ1n) is 9.23. The predicted molar refractivity (Wildman–Crippen MR) is 116 cm³/mol. The quantitative estimate of drug-likeness (QED) is 0.564. The van der Waals surface area contributed by atoms with E-state index in [0.29, 0.717) is 11.3 Å². The van der Waals surface area contributed by atoms with E-state index in [9.17, 15) is 9.59 Å². The van der Waals surface area contributed by atoms with E-state index >= 15 is 0 Å². The molecule has 146 valence electrons. The molecule has 0 unspecified atom stereocenters. The Morgan fingerprint density at radius 1 is 0.966 bits per heavy atom. The molecule has 0 aliphatic heterocycles. The van der Waals surface area contributed by atoms with Crippen LogP contribution in [0.1, 0.15) is 15.9 Å². The van der Waals surface area contributed by atoms with Crippen molar-refractivity contribution in [2.24, 2.45) is 0 Å². The van der Waals surface area contributed by atoms with Gasteiger partial charge in [0.15, 0.2) is 0 Å². The van der Waals surface area contributed by atoms with Crippen molar-refractivity contribution in [1.82, 2.24) is 10.6 Å². The highest BCUT2D eigenvalue weighted by atomic mass is 32.2. The van der Waals surface area contributed by atoms with E-state index in [4.69, 9.17) is 5.26 Å². The second-order valence-electron chi connectivity index (χ2n) is 6.46. The van der Waals surface area contributed by atoms with Crippen LogP contribution in [0.25, 0.3) is 10.8 Å². The number of carbonyl (C=O) groups is 2. The first-order valence-corrected chi connectivity index (χ1v) is 10.4. The van der Waals surface area contributed by atoms with Crippen molar-refractivity contribution >= 4 is 34.3 Å². The van der Waals surface area contributed by atoms with Gasteiger partial charge in [-0.1, -0.05) is 60.7 Å². The molecule has 0 saturated heterocycles. The summed E-state index contributed by atoms with van der Waals surface area (Å²) in [5.74, 6) is 0.467. The molecular formula is C23H21N3O2S. The Kier molecular flexibility index (Phi) is 7.26. The second-order valence-corrected chi connectivity index (χ2v) is 7.49. The lowest BCUT2D eigenvalue weighted by Crippen LogP contribution is -2.48. The van der Waals surface area contributed by atoms with Gasteiger partial charge in [-0.25, -0.2) is 0 Å². The maximum Gasteiger partial charge on any atom is 0.251 e. The van der Waals surface area contributed by atoms with Gasteiger partial charge in [0.2, 0.25) is 5.91 Å². The van der Waals surface area contributed by atoms with E-state index in [1.54, 1.807) is 17.8 Å². The second kappa shape index (κ2) is 10.3. The lowest BCUT2D eigenvalue weighted by Gasteiger charge is -2.18. The standard InChI is InChI=1S/C23H21N3O2S/c24-12-13-25-23(28)21(16-29-15-17-6-2-1-3-7-17)26-22(27)20-11-10-18-8-4-5-9-19(18)14-20/h1-11,14,21H,13,15-16H2,(H,25,28)(H,26,27)/t21-/m0/s1. The maximum absolute atomic E-state index is 12.7. The monoisotopic (exact) mass is 403 g/mol. The van der Waals surface area contributed by atoms with Crippen LogP contribution in [0.3, 0.4) is 0 Å². The molecule has 3 aromatic rings. The number of fused-ring (bicyclic) bond motifs is 1. The zero-order valence-corrected chi connectivity index (χ0v) is 16.6. The number of rotatable bonds is 8. The average Bonchev–Trinajstić information content (AvgIpc) is 2.77. The van der Waals surface area contributed by atoms with E-state index in [-0.39, 0.29) is 18.4 Å². The smallest absolute Gasteiger partial charge is 0.251 e. The number of carbonyl (C=O) groups excluding carboxylic acids is 2. The number of hydrogen-bond donors (Lipinski definition) is 2. The lowest BCUT2D eigenvalue weighted by molar-refractivity contribution is -0.122. The van der Waals surface area contributed by atoms with E-state index in [1.807, 2.05) is 72.8 Å². The summed E-state index contributed by atoms with van der Waals surface area (Å²) in [5.41, 5.74) is 1.64. The SMILES string of the molecule is N#CCNC(=O)[C@H](CSCc1ccccc1)NC(=O)c1ccc2ccccc2c1. The van der Waals surface area contributed by atoms with Crippen molar-refractivity contribution < 1.29 is 9.59 Å². The molecule has 0 aliphatic rings. The van der Waals surface area contributed by atoms with Crippen LogP contribution >= 0.6 is 11.8 Å². The van der Waals surface area contributed by atoms with Gasteiger partial charge in [0.05, 0.1) is 6.07 Å². The van der Waals surface area contributed by atoms with Crippen LogP contribution in [0, 0.1) is 11.3 Å². The first kappa shape index (κ1) is 20.4. The molecular weight excluding hydrogens is 382 g/mol. The minimum Gasteiger partial charge on any atom is -0.341 e. The Labute approximate surface area is 174 Å². The highest BCUT2D eigenvalue weighted by molar-refractivity contribution is 7.98. The molecule has 0 saturated carbocycles. The third kappa shape index (κ3) is 5.84. The van der Waals surface area contributed by atoms with Crippen molar-refractivity contribution in [3.63, 3.8) is 0 Å². The van der Waals surface area contributed by atoms with Crippen LogP contribution in [0.2, 0.25) is 0 Å². The Hall–Kier alpha value is -3.30. The molecule has 0 spiro atoms. The van der Waals surface area contributed by atoms with Gasteiger partial charge < -0.3 is 10.6 Å². The van der Waals surface area contributed by atoms with Crippen LogP contribution in [0.4, 0.5) is 0 Å². The molecule has 5 nitrogen and oxygen atoms in total. The van der Waals surface area contributed by atoms with Crippen molar-refractivity contribution in [2.75, 3.05) is 12.3 Å². The third-order valence-corrected chi connectivity index (χ3v) is 5.48. The molecule has 0 aliphatic carbocycles. The van der Waals surface area contributed by atoms with E-state index < -0.39 is 6.04 Å². The average molecular weight is 404 g/mol. The molecule has 0 bridgehead atoms. The molecule has 29 heavy (non-hydrogen) atoms. The lowest BCUT2D eigenvalue weighted by atomic mass is 10.1. The third-order valence-electron chi connectivity index (χ3n) is 4.37. The van der Waals surface area contributed by atoms with Gasteiger partial charge in [0.1, 0.15) is 12.6 Å². The van der Waals surface area contributed by atoms with Crippen LogP contribution in [0.15, 0.2) is 72.8 Å². The summed E-state index contributed by atoms with van der Waals surface area (Å²) in [6, 6.07) is 24.3. The fraction of sp³-hybridized carbons (Fsp3) is 0.174. The molecule has 2 amide bonds. The Balaban J connectivity index is 1.67. The highest BCUT2D eigenvalue weighted by Crippen LogP contribution is 2.17. The zero-order chi connectivity index (χ0) is 20.5. The largest absolute Gasteiger partial charge is 0.341 e. The molecule has 6 heteroatoms. The summed E-state index contributed by atoms with van der Waals surface area (Å²) in [4.78, 5) is 25.2. The van der Waals surface area contributed by atoms with Crippen LogP contribution in [0.5, 0.6) is 0 Å². The summed E-state index contributed by atoms with van der Waals surface area (Å²) in [5, 5.41) is 16.1. The van der Waals surface area contributed by atoms with E-state index in [0.717, 1.165) is 22.1 Å². The fourth-order valence-electron chi connectivity index (χ4n) is 2.87. The minimum atomic E-state index is -0.726. The van der Waals surface area contributed by atoms with Crippen molar-refractivity contribution in [3.8, 4) is 6.07 Å². The number of nitrogens with one attached hydrogen (secondary N) is 2. The van der Waals surface area contributed by atoms with Crippen LogP contribution in [-0.4, -0.2) is 30.2 Å². The van der Waals surface area contributed by atoms with Crippen molar-refractivity contribution in [3.05, 3.63) is 83.9 Å². The van der Waals surface area contributed by atoms with Crippen LogP contribution in [-0.2, 0) is 10.5 Å². The van der Waals surface area contributed by atoms with Gasteiger partial charge in [-0.2, -0.15) is 17.0 Å². The maximum atomic E-state index is 12.7. The fourth-order valence-corrected chi connectivity index (χ4v) is 3.89. The number of nitriles is 1. The number of thioether (sulfide) groups is 1. The summed E-state index contributed by atoms with van der Waals surface area (Å²) in [6.45, 7) is -0.0927. The topological polar surface area (TPSA) is 82.0 Å². The molecule has 2 N–H and O–H groups in total. The summed E-state index contributed by atoms with van der Waals surface area (Å²) >= 11 is 1.56. The highest BCUT2D eigenvalue weighted by Gasteiger charge is 2.21. The Morgan fingerprint density at radius 3 is 2.45 bits per heavy atom. The first-order chi connectivity index (χ1) is 14.2. The van der Waals surface area contributed by atoms with Gasteiger partial charge in [0, 0.05) is 17.1 Å². The van der Waals surface area contributed by atoms with Crippen molar-refractivity contribution in [1.29, 1.82) is 5.26 Å². The number of nitrogens with zero attached hydrogens (tertiary/aromatic N) is 1. The number of hydrogen-bond acceptors (Lipinski definition) is 4. The van der Waals surface area contributed by atoms with E-state index in [1.165, 1.54) is 0 Å². The van der Waals surface area contributed by atoms with Gasteiger partial charge >= 0.3 is 0 Å².